The monoisotopic (exact) mass is 431 g/mol. The number of anilines is 3. The van der Waals surface area contributed by atoms with E-state index in [4.69, 9.17) is 4.84 Å². The lowest BCUT2D eigenvalue weighted by Gasteiger charge is -2.29. The molecule has 2 aliphatic rings. The van der Waals surface area contributed by atoms with Gasteiger partial charge in [0.05, 0.1) is 17.4 Å². The molecule has 0 aromatic heterocycles. The molecule has 3 aromatic carbocycles. The maximum atomic E-state index is 13.5. The predicted octanol–water partition coefficient (Wildman–Crippen LogP) is 3.94. The van der Waals surface area contributed by atoms with E-state index < -0.39 is 29.8 Å². The van der Waals surface area contributed by atoms with Gasteiger partial charge in [0, 0.05) is 19.8 Å². The second-order valence-electron chi connectivity index (χ2n) is 8.13. The molecule has 2 amide bonds. The highest BCUT2D eigenvalue weighted by Gasteiger charge is 2.60. The molecule has 0 N–H and O–H groups in total. The molecular formula is C25H22FN3O3. The zero-order valence-corrected chi connectivity index (χ0v) is 17.7. The molecule has 0 spiro atoms. The lowest BCUT2D eigenvalue weighted by Crippen LogP contribution is -2.37. The number of para-hydroxylation sites is 1. The van der Waals surface area contributed by atoms with Crippen LogP contribution in [-0.2, 0) is 14.4 Å². The largest absolute Gasteiger partial charge is 0.378 e. The molecule has 32 heavy (non-hydrogen) atoms. The summed E-state index contributed by atoms with van der Waals surface area (Å²) in [4.78, 5) is 36.0. The molecule has 0 bridgehead atoms. The van der Waals surface area contributed by atoms with E-state index in [0.29, 0.717) is 5.69 Å². The fraction of sp³-hybridized carbons (Fsp3) is 0.200. The third-order valence-electron chi connectivity index (χ3n) is 5.96. The number of carbonyl (C=O) groups excluding carboxylic acids is 2. The van der Waals surface area contributed by atoms with Gasteiger partial charge < -0.3 is 4.90 Å². The Hall–Kier alpha value is -3.71. The molecule has 5 rings (SSSR count). The summed E-state index contributed by atoms with van der Waals surface area (Å²) < 4.78 is 13.4. The van der Waals surface area contributed by atoms with Gasteiger partial charge in [-0.15, -0.1) is 0 Å². The molecule has 2 saturated heterocycles. The number of hydrogen-bond acceptors (Lipinski definition) is 5. The summed E-state index contributed by atoms with van der Waals surface area (Å²) in [6.07, 6.45) is -0.953. The summed E-state index contributed by atoms with van der Waals surface area (Å²) in [5.74, 6) is -1.96. The number of carbonyl (C=O) groups is 2. The minimum Gasteiger partial charge on any atom is -0.378 e. The summed E-state index contributed by atoms with van der Waals surface area (Å²) in [5, 5.41) is 1.66. The molecular weight excluding hydrogens is 409 g/mol. The topological polar surface area (TPSA) is 53.1 Å². The fourth-order valence-corrected chi connectivity index (χ4v) is 4.37. The van der Waals surface area contributed by atoms with Crippen molar-refractivity contribution in [2.45, 2.75) is 12.1 Å². The highest BCUT2D eigenvalue weighted by atomic mass is 19.1. The molecule has 7 heteroatoms. The Balaban J connectivity index is 1.56. The van der Waals surface area contributed by atoms with E-state index in [1.165, 1.54) is 24.3 Å². The average molecular weight is 431 g/mol. The minimum absolute atomic E-state index is 0.340. The summed E-state index contributed by atoms with van der Waals surface area (Å²) in [6.45, 7) is 0. The zero-order valence-electron chi connectivity index (χ0n) is 17.7. The highest BCUT2D eigenvalue weighted by Crippen LogP contribution is 2.47. The molecule has 2 fully saturated rings. The minimum atomic E-state index is -0.953. The van der Waals surface area contributed by atoms with Gasteiger partial charge in [-0.1, -0.05) is 30.3 Å². The van der Waals surface area contributed by atoms with Crippen LogP contribution in [0.1, 0.15) is 11.6 Å². The van der Waals surface area contributed by atoms with Crippen molar-refractivity contribution < 1.29 is 18.8 Å². The van der Waals surface area contributed by atoms with E-state index in [0.717, 1.165) is 21.8 Å². The van der Waals surface area contributed by atoms with Crippen molar-refractivity contribution in [3.8, 4) is 0 Å². The van der Waals surface area contributed by atoms with Crippen LogP contribution in [0.25, 0.3) is 0 Å². The third kappa shape index (κ3) is 3.22. The summed E-state index contributed by atoms with van der Waals surface area (Å²) in [6, 6.07) is 22.1. The zero-order chi connectivity index (χ0) is 22.4. The van der Waals surface area contributed by atoms with Crippen LogP contribution in [0.15, 0.2) is 78.9 Å². The van der Waals surface area contributed by atoms with Crippen LogP contribution < -0.4 is 14.9 Å². The molecule has 0 saturated carbocycles. The van der Waals surface area contributed by atoms with Crippen molar-refractivity contribution in [1.82, 2.24) is 0 Å². The smallest absolute Gasteiger partial charge is 0.266 e. The van der Waals surface area contributed by atoms with E-state index in [1.54, 1.807) is 5.06 Å². The van der Waals surface area contributed by atoms with E-state index in [1.807, 2.05) is 73.6 Å². The number of benzene rings is 3. The van der Waals surface area contributed by atoms with Crippen molar-refractivity contribution in [2.24, 2.45) is 5.92 Å². The van der Waals surface area contributed by atoms with Crippen molar-refractivity contribution in [3.05, 3.63) is 90.2 Å². The molecule has 0 unspecified atom stereocenters. The first-order chi connectivity index (χ1) is 15.5. The third-order valence-corrected chi connectivity index (χ3v) is 5.96. The Morgan fingerprint density at radius 1 is 0.812 bits per heavy atom. The van der Waals surface area contributed by atoms with E-state index >= 15 is 0 Å². The van der Waals surface area contributed by atoms with E-state index in [9.17, 15) is 14.0 Å². The molecule has 3 aromatic rings. The van der Waals surface area contributed by atoms with Crippen molar-refractivity contribution >= 4 is 28.9 Å². The van der Waals surface area contributed by atoms with Crippen molar-refractivity contribution in [2.75, 3.05) is 29.0 Å². The number of fused-ring (bicyclic) bond motifs is 1. The Kier molecular flexibility index (Phi) is 4.90. The lowest BCUT2D eigenvalue weighted by atomic mass is 9.90. The SMILES string of the molecule is CN(C)c1ccc([C@H]2[C@H]3C(=O)N(c4ccc(F)cc4)C(=O)[C@H]3ON2c2ccccc2)cc1. The molecule has 162 valence electrons. The summed E-state index contributed by atoms with van der Waals surface area (Å²) in [5.41, 5.74) is 3.00. The van der Waals surface area contributed by atoms with Crippen LogP contribution in [0, 0.1) is 11.7 Å². The van der Waals surface area contributed by atoms with Crippen LogP contribution in [0.5, 0.6) is 0 Å². The lowest BCUT2D eigenvalue weighted by molar-refractivity contribution is -0.126. The quantitative estimate of drug-likeness (QED) is 0.586. The molecule has 0 aliphatic carbocycles. The molecule has 0 radical (unpaired) electrons. The van der Waals surface area contributed by atoms with Crippen molar-refractivity contribution in [3.63, 3.8) is 0 Å². The van der Waals surface area contributed by atoms with E-state index in [-0.39, 0.29) is 5.91 Å². The van der Waals surface area contributed by atoms with Gasteiger partial charge in [0.2, 0.25) is 5.91 Å². The van der Waals surface area contributed by atoms with Gasteiger partial charge in [-0.25, -0.2) is 14.4 Å². The first-order valence-corrected chi connectivity index (χ1v) is 10.4. The first kappa shape index (κ1) is 20.2. The number of halogens is 1. The average Bonchev–Trinajstić information content (AvgIpc) is 3.31. The number of imide groups is 1. The second kappa shape index (κ2) is 7.76. The fourth-order valence-electron chi connectivity index (χ4n) is 4.37. The number of amides is 2. The van der Waals surface area contributed by atoms with Gasteiger partial charge in [0.1, 0.15) is 11.7 Å². The number of hydroxylamine groups is 1. The van der Waals surface area contributed by atoms with E-state index in [2.05, 4.69) is 0 Å². The van der Waals surface area contributed by atoms with Crippen LogP contribution in [0.4, 0.5) is 21.5 Å². The number of hydrogen-bond donors (Lipinski definition) is 0. The standard InChI is InChI=1S/C25H22FN3O3/c1-27(2)18-12-8-16(9-13-18)22-21-23(32-29(22)20-6-4-3-5-7-20)25(31)28(24(21)30)19-14-10-17(26)11-15-19/h3-15,21-23H,1-2H3/t21-,22+,23+/m1/s1. The number of rotatable bonds is 4. The highest BCUT2D eigenvalue weighted by molar-refractivity contribution is 6.23. The van der Waals surface area contributed by atoms with Crippen LogP contribution in [0.2, 0.25) is 0 Å². The molecule has 2 aliphatic heterocycles. The summed E-state index contributed by atoms with van der Waals surface area (Å²) >= 11 is 0. The normalized spacial score (nSPS) is 22.4. The van der Waals surface area contributed by atoms with Gasteiger partial charge in [-0.05, 0) is 54.1 Å². The van der Waals surface area contributed by atoms with Crippen LogP contribution >= 0.6 is 0 Å². The van der Waals surface area contributed by atoms with Gasteiger partial charge in [-0.3, -0.25) is 14.4 Å². The van der Waals surface area contributed by atoms with Crippen molar-refractivity contribution in [1.29, 1.82) is 0 Å². The second-order valence-corrected chi connectivity index (χ2v) is 8.13. The van der Waals surface area contributed by atoms with Gasteiger partial charge in [-0.2, -0.15) is 0 Å². The molecule has 6 nitrogen and oxygen atoms in total. The maximum Gasteiger partial charge on any atom is 0.266 e. The van der Waals surface area contributed by atoms with Crippen LogP contribution in [0.3, 0.4) is 0 Å². The maximum absolute atomic E-state index is 13.5. The number of nitrogens with zero attached hydrogens (tertiary/aromatic N) is 3. The van der Waals surface area contributed by atoms with Gasteiger partial charge >= 0.3 is 0 Å². The Bertz CT molecular complexity index is 1150. The Labute approximate surface area is 185 Å². The Morgan fingerprint density at radius 3 is 2.09 bits per heavy atom. The Morgan fingerprint density at radius 2 is 1.47 bits per heavy atom. The van der Waals surface area contributed by atoms with Gasteiger partial charge in [0.25, 0.3) is 5.91 Å². The van der Waals surface area contributed by atoms with Gasteiger partial charge in [0.15, 0.2) is 6.10 Å². The summed E-state index contributed by atoms with van der Waals surface area (Å²) in [7, 11) is 3.92. The van der Waals surface area contributed by atoms with Crippen LogP contribution in [-0.4, -0.2) is 32.0 Å². The molecule has 2 heterocycles. The predicted molar refractivity (Wildman–Crippen MR) is 120 cm³/mol. The molecule has 3 atom stereocenters. The first-order valence-electron chi connectivity index (χ1n) is 10.4.